The van der Waals surface area contributed by atoms with Gasteiger partial charge in [0, 0.05) is 11.5 Å². The van der Waals surface area contributed by atoms with E-state index in [4.69, 9.17) is 4.74 Å². The van der Waals surface area contributed by atoms with Crippen molar-refractivity contribution in [3.63, 3.8) is 0 Å². The molecule has 0 amide bonds. The van der Waals surface area contributed by atoms with Crippen LogP contribution in [-0.2, 0) is 0 Å². The molecule has 0 bridgehead atoms. The lowest BCUT2D eigenvalue weighted by Gasteiger charge is -2.22. The van der Waals surface area contributed by atoms with Crippen LogP contribution in [0.4, 0.5) is 0 Å². The summed E-state index contributed by atoms with van der Waals surface area (Å²) in [4.78, 5) is 12.4. The van der Waals surface area contributed by atoms with Crippen LogP contribution in [-0.4, -0.2) is 25.5 Å². The molecular formula is C15H22ClNO2. The van der Waals surface area contributed by atoms with E-state index < -0.39 is 0 Å². The second-order valence-corrected chi connectivity index (χ2v) is 4.80. The van der Waals surface area contributed by atoms with E-state index >= 15 is 0 Å². The zero-order valence-corrected chi connectivity index (χ0v) is 12.4. The van der Waals surface area contributed by atoms with Crippen LogP contribution in [0.15, 0.2) is 18.2 Å². The van der Waals surface area contributed by atoms with Crippen molar-refractivity contribution >= 4 is 18.2 Å². The van der Waals surface area contributed by atoms with Gasteiger partial charge in [-0.2, -0.15) is 0 Å². The Kier molecular flexibility index (Phi) is 6.32. The van der Waals surface area contributed by atoms with Crippen molar-refractivity contribution in [3.05, 3.63) is 29.3 Å². The maximum atomic E-state index is 12.4. The number of rotatable bonds is 4. The van der Waals surface area contributed by atoms with Gasteiger partial charge in [-0.05, 0) is 63.5 Å². The van der Waals surface area contributed by atoms with Crippen molar-refractivity contribution in [1.29, 1.82) is 0 Å². The zero-order chi connectivity index (χ0) is 13.0. The van der Waals surface area contributed by atoms with Crippen LogP contribution < -0.4 is 10.1 Å². The molecule has 2 rings (SSSR count). The van der Waals surface area contributed by atoms with Gasteiger partial charge in [-0.1, -0.05) is 0 Å². The Morgan fingerprint density at radius 2 is 2.05 bits per heavy atom. The van der Waals surface area contributed by atoms with Crippen LogP contribution >= 0.6 is 12.4 Å². The Bertz CT molecular complexity index is 428. The normalized spacial score (nSPS) is 15.7. The number of carbonyl (C=O) groups is 1. The van der Waals surface area contributed by atoms with E-state index in [9.17, 15) is 4.79 Å². The number of halogens is 1. The highest BCUT2D eigenvalue weighted by atomic mass is 35.5. The van der Waals surface area contributed by atoms with Crippen molar-refractivity contribution in [3.8, 4) is 5.75 Å². The van der Waals surface area contributed by atoms with Gasteiger partial charge in [0.15, 0.2) is 5.78 Å². The predicted molar refractivity (Wildman–Crippen MR) is 79.5 cm³/mol. The molecule has 0 radical (unpaired) electrons. The van der Waals surface area contributed by atoms with E-state index in [1.807, 2.05) is 32.0 Å². The first-order chi connectivity index (χ1) is 8.72. The Morgan fingerprint density at radius 3 is 2.63 bits per heavy atom. The Hall–Kier alpha value is -1.06. The van der Waals surface area contributed by atoms with Gasteiger partial charge >= 0.3 is 0 Å². The smallest absolute Gasteiger partial charge is 0.166 e. The summed E-state index contributed by atoms with van der Waals surface area (Å²) in [7, 11) is 0. The molecule has 1 aromatic carbocycles. The third-order valence-electron chi connectivity index (χ3n) is 3.48. The molecule has 3 nitrogen and oxygen atoms in total. The summed E-state index contributed by atoms with van der Waals surface area (Å²) in [6.45, 7) is 6.50. The predicted octanol–water partition coefficient (Wildman–Crippen LogP) is 3.00. The van der Waals surface area contributed by atoms with Gasteiger partial charge < -0.3 is 10.1 Å². The average molecular weight is 284 g/mol. The summed E-state index contributed by atoms with van der Waals surface area (Å²) in [6.07, 6.45) is 1.90. The lowest BCUT2D eigenvalue weighted by atomic mass is 9.88. The zero-order valence-electron chi connectivity index (χ0n) is 11.6. The molecule has 1 fully saturated rings. The third-order valence-corrected chi connectivity index (χ3v) is 3.48. The number of hydrogen-bond donors (Lipinski definition) is 1. The molecule has 1 N–H and O–H groups in total. The number of carbonyl (C=O) groups excluding carboxylic acids is 1. The monoisotopic (exact) mass is 283 g/mol. The van der Waals surface area contributed by atoms with Crippen LogP contribution in [0.3, 0.4) is 0 Å². The summed E-state index contributed by atoms with van der Waals surface area (Å²) < 4.78 is 5.45. The minimum Gasteiger partial charge on any atom is -0.494 e. The van der Waals surface area contributed by atoms with Gasteiger partial charge in [-0.3, -0.25) is 4.79 Å². The van der Waals surface area contributed by atoms with E-state index in [0.29, 0.717) is 6.61 Å². The van der Waals surface area contributed by atoms with Crippen molar-refractivity contribution in [1.82, 2.24) is 5.32 Å². The maximum Gasteiger partial charge on any atom is 0.166 e. The minimum atomic E-state index is 0. The van der Waals surface area contributed by atoms with E-state index in [0.717, 1.165) is 42.8 Å². The first-order valence-electron chi connectivity index (χ1n) is 6.70. The minimum absolute atomic E-state index is 0. The van der Waals surface area contributed by atoms with Crippen molar-refractivity contribution < 1.29 is 9.53 Å². The van der Waals surface area contributed by atoms with E-state index in [1.165, 1.54) is 0 Å². The molecule has 1 aliphatic rings. The highest BCUT2D eigenvalue weighted by molar-refractivity contribution is 5.99. The van der Waals surface area contributed by atoms with Gasteiger partial charge in [0.2, 0.25) is 0 Å². The number of nitrogens with one attached hydrogen (secondary N) is 1. The molecule has 4 heteroatoms. The largest absolute Gasteiger partial charge is 0.494 e. The number of benzene rings is 1. The highest BCUT2D eigenvalue weighted by Gasteiger charge is 2.23. The molecule has 1 heterocycles. The van der Waals surface area contributed by atoms with Gasteiger partial charge in [-0.15, -0.1) is 12.4 Å². The van der Waals surface area contributed by atoms with Gasteiger partial charge in [0.05, 0.1) is 6.61 Å². The Balaban J connectivity index is 0.00000180. The fraction of sp³-hybridized carbons (Fsp3) is 0.533. The average Bonchev–Trinajstić information content (AvgIpc) is 2.40. The summed E-state index contributed by atoms with van der Waals surface area (Å²) >= 11 is 0. The molecule has 0 saturated carbocycles. The molecular weight excluding hydrogens is 262 g/mol. The molecule has 0 aliphatic carbocycles. The number of ketones is 1. The Labute approximate surface area is 121 Å². The molecule has 0 unspecified atom stereocenters. The van der Waals surface area contributed by atoms with Gasteiger partial charge in [0.1, 0.15) is 5.75 Å². The molecule has 1 aromatic rings. The molecule has 106 valence electrons. The second-order valence-electron chi connectivity index (χ2n) is 4.80. The molecule has 0 spiro atoms. The fourth-order valence-corrected chi connectivity index (χ4v) is 2.47. The number of hydrogen-bond acceptors (Lipinski definition) is 3. The molecule has 19 heavy (non-hydrogen) atoms. The Morgan fingerprint density at radius 1 is 1.37 bits per heavy atom. The van der Waals surface area contributed by atoms with Crippen molar-refractivity contribution in [2.24, 2.45) is 5.92 Å². The topological polar surface area (TPSA) is 38.3 Å². The van der Waals surface area contributed by atoms with Crippen LogP contribution in [0.25, 0.3) is 0 Å². The first-order valence-corrected chi connectivity index (χ1v) is 6.70. The highest BCUT2D eigenvalue weighted by Crippen LogP contribution is 2.23. The quantitative estimate of drug-likeness (QED) is 0.864. The van der Waals surface area contributed by atoms with E-state index in [-0.39, 0.29) is 24.1 Å². The van der Waals surface area contributed by atoms with Crippen LogP contribution in [0.2, 0.25) is 0 Å². The van der Waals surface area contributed by atoms with Crippen LogP contribution in [0.1, 0.15) is 35.7 Å². The van der Waals surface area contributed by atoms with E-state index in [2.05, 4.69) is 5.32 Å². The van der Waals surface area contributed by atoms with Gasteiger partial charge in [0.25, 0.3) is 0 Å². The first kappa shape index (κ1) is 16.0. The van der Waals surface area contributed by atoms with Crippen LogP contribution in [0, 0.1) is 12.8 Å². The van der Waals surface area contributed by atoms with Crippen molar-refractivity contribution in [2.45, 2.75) is 26.7 Å². The van der Waals surface area contributed by atoms with Gasteiger partial charge in [-0.25, -0.2) is 0 Å². The molecule has 1 aliphatic heterocycles. The lowest BCUT2D eigenvalue weighted by molar-refractivity contribution is 0.0894. The third kappa shape index (κ3) is 3.95. The van der Waals surface area contributed by atoms with Crippen LogP contribution in [0.5, 0.6) is 5.75 Å². The number of Topliss-reactive ketones (excluding diaryl/α,β-unsaturated/α-hetero) is 1. The van der Waals surface area contributed by atoms with Crippen molar-refractivity contribution in [2.75, 3.05) is 19.7 Å². The number of aryl methyl sites for hydroxylation is 1. The van der Waals surface area contributed by atoms with E-state index in [1.54, 1.807) is 0 Å². The number of ether oxygens (including phenoxy) is 1. The second kappa shape index (κ2) is 7.51. The summed E-state index contributed by atoms with van der Waals surface area (Å²) in [6, 6.07) is 5.76. The summed E-state index contributed by atoms with van der Waals surface area (Å²) in [5.74, 6) is 1.32. The summed E-state index contributed by atoms with van der Waals surface area (Å²) in [5, 5.41) is 3.29. The molecule has 0 aromatic heterocycles. The number of piperidine rings is 1. The molecule has 1 saturated heterocycles. The summed E-state index contributed by atoms with van der Waals surface area (Å²) in [5.41, 5.74) is 1.87. The SMILES string of the molecule is CCOc1ccc(C(=O)C2CCNCC2)c(C)c1.Cl. The maximum absolute atomic E-state index is 12.4. The standard InChI is InChI=1S/C15H21NO2.ClH/c1-3-18-13-4-5-14(11(2)10-13)15(17)12-6-8-16-9-7-12;/h4-5,10,12,16H,3,6-9H2,1-2H3;1H. The lowest BCUT2D eigenvalue weighted by Crippen LogP contribution is -2.32. The fourth-order valence-electron chi connectivity index (χ4n) is 2.47. The molecule has 0 atom stereocenters.